The third kappa shape index (κ3) is 3.94. The molecule has 0 aliphatic carbocycles. The van der Waals surface area contributed by atoms with Crippen molar-refractivity contribution in [3.8, 4) is 0 Å². The fourth-order valence-electron chi connectivity index (χ4n) is 2.85. The van der Waals surface area contributed by atoms with E-state index in [4.69, 9.17) is 0 Å². The number of fused-ring (bicyclic) bond motifs is 1. The van der Waals surface area contributed by atoms with Crippen LogP contribution >= 0.6 is 0 Å². The molecule has 27 heavy (non-hydrogen) atoms. The van der Waals surface area contributed by atoms with E-state index in [2.05, 4.69) is 15.6 Å². The molecule has 0 radical (unpaired) electrons. The van der Waals surface area contributed by atoms with Crippen LogP contribution in [0.25, 0.3) is 5.70 Å². The number of hydrogen-bond donors (Lipinski definition) is 2. The summed E-state index contributed by atoms with van der Waals surface area (Å²) in [5, 5.41) is 16.6. The molecule has 1 aromatic heterocycles. The maximum atomic E-state index is 12.5. The van der Waals surface area contributed by atoms with Crippen LogP contribution in [0, 0.1) is 10.1 Å². The number of halogens is 3. The molecule has 10 heteroatoms. The van der Waals surface area contributed by atoms with Crippen molar-refractivity contribution >= 4 is 23.0 Å². The second kappa shape index (κ2) is 7.14. The number of anilines is 3. The van der Waals surface area contributed by atoms with Crippen LogP contribution in [-0.4, -0.2) is 36.2 Å². The smallest absolute Gasteiger partial charge is 0.382 e. The van der Waals surface area contributed by atoms with Crippen LogP contribution in [0.4, 0.5) is 30.5 Å². The summed E-state index contributed by atoms with van der Waals surface area (Å²) in [5.74, 6) is 0.371. The van der Waals surface area contributed by atoms with Gasteiger partial charge in [0.1, 0.15) is 30.4 Å². The zero-order valence-electron chi connectivity index (χ0n) is 14.2. The van der Waals surface area contributed by atoms with Crippen molar-refractivity contribution in [2.24, 2.45) is 0 Å². The number of aromatic nitrogens is 1. The van der Waals surface area contributed by atoms with E-state index in [1.165, 1.54) is 12.1 Å². The Morgan fingerprint density at radius 2 is 1.93 bits per heavy atom. The lowest BCUT2D eigenvalue weighted by Gasteiger charge is -2.30. The third-order valence-corrected chi connectivity index (χ3v) is 4.00. The van der Waals surface area contributed by atoms with Gasteiger partial charge in [0.25, 0.3) is 5.70 Å². The Labute approximate surface area is 152 Å². The monoisotopic (exact) mass is 379 g/mol. The number of pyridine rings is 1. The SMILES string of the molecule is CNC1=C([N+](=O)[O-])CN(c2ccccc2)c2nc(NCC(F)(F)F)ccc21. The fraction of sp³-hybridized carbons (Fsp3) is 0.235. The summed E-state index contributed by atoms with van der Waals surface area (Å²) in [5.41, 5.74) is 1.33. The van der Waals surface area contributed by atoms with Crippen molar-refractivity contribution in [3.63, 3.8) is 0 Å². The Bertz CT molecular complexity index is 884. The van der Waals surface area contributed by atoms with Crippen LogP contribution in [0.5, 0.6) is 0 Å². The second-order valence-corrected chi connectivity index (χ2v) is 5.79. The Morgan fingerprint density at radius 3 is 2.52 bits per heavy atom. The van der Waals surface area contributed by atoms with E-state index in [1.807, 2.05) is 0 Å². The highest BCUT2D eigenvalue weighted by Gasteiger charge is 2.33. The Hall–Kier alpha value is -3.30. The average molecular weight is 379 g/mol. The first-order valence-electron chi connectivity index (χ1n) is 8.00. The molecule has 2 aromatic rings. The molecule has 0 unspecified atom stereocenters. The van der Waals surface area contributed by atoms with Gasteiger partial charge in [-0.25, -0.2) is 4.98 Å². The van der Waals surface area contributed by atoms with E-state index < -0.39 is 17.6 Å². The highest BCUT2D eigenvalue weighted by Crippen LogP contribution is 2.37. The van der Waals surface area contributed by atoms with E-state index in [9.17, 15) is 23.3 Å². The van der Waals surface area contributed by atoms with Gasteiger partial charge in [0.15, 0.2) is 0 Å². The summed E-state index contributed by atoms with van der Waals surface area (Å²) in [7, 11) is 1.55. The van der Waals surface area contributed by atoms with E-state index >= 15 is 0 Å². The van der Waals surface area contributed by atoms with Gasteiger partial charge in [-0.3, -0.25) is 10.1 Å². The topological polar surface area (TPSA) is 83.3 Å². The van der Waals surface area contributed by atoms with Crippen molar-refractivity contribution in [2.75, 3.05) is 30.4 Å². The normalized spacial score (nSPS) is 14.0. The molecule has 2 heterocycles. The van der Waals surface area contributed by atoms with Gasteiger partial charge in [0.05, 0.1) is 4.92 Å². The van der Waals surface area contributed by atoms with E-state index in [-0.39, 0.29) is 23.8 Å². The molecule has 0 spiro atoms. The van der Waals surface area contributed by atoms with Crippen molar-refractivity contribution in [3.05, 3.63) is 63.8 Å². The lowest BCUT2D eigenvalue weighted by Crippen LogP contribution is -2.32. The predicted octanol–water partition coefficient (Wildman–Crippen LogP) is 3.37. The number of nitrogens with zero attached hydrogens (tertiary/aromatic N) is 3. The maximum absolute atomic E-state index is 12.5. The first kappa shape index (κ1) is 18.5. The number of rotatable bonds is 5. The van der Waals surface area contributed by atoms with Crippen LogP contribution in [0.15, 0.2) is 48.2 Å². The molecule has 1 aliphatic rings. The lowest BCUT2D eigenvalue weighted by atomic mass is 10.1. The maximum Gasteiger partial charge on any atom is 0.405 e. The summed E-state index contributed by atoms with van der Waals surface area (Å²) in [6, 6.07) is 11.7. The van der Waals surface area contributed by atoms with Crippen LogP contribution in [0.3, 0.4) is 0 Å². The van der Waals surface area contributed by atoms with Crippen molar-refractivity contribution in [2.45, 2.75) is 6.18 Å². The zero-order valence-corrected chi connectivity index (χ0v) is 14.2. The third-order valence-electron chi connectivity index (χ3n) is 4.00. The zero-order chi connectivity index (χ0) is 19.6. The molecule has 0 fully saturated rings. The lowest BCUT2D eigenvalue weighted by molar-refractivity contribution is -0.424. The average Bonchev–Trinajstić information content (AvgIpc) is 2.64. The van der Waals surface area contributed by atoms with E-state index in [0.717, 1.165) is 0 Å². The highest BCUT2D eigenvalue weighted by molar-refractivity contribution is 5.83. The van der Waals surface area contributed by atoms with Crippen LogP contribution < -0.4 is 15.5 Å². The van der Waals surface area contributed by atoms with Gasteiger partial charge in [-0.15, -0.1) is 0 Å². The molecule has 1 aromatic carbocycles. The van der Waals surface area contributed by atoms with Crippen molar-refractivity contribution in [1.29, 1.82) is 0 Å². The summed E-state index contributed by atoms with van der Waals surface area (Å²) in [6.07, 6.45) is -4.38. The molecule has 0 bridgehead atoms. The summed E-state index contributed by atoms with van der Waals surface area (Å²) < 4.78 is 37.5. The summed E-state index contributed by atoms with van der Waals surface area (Å²) >= 11 is 0. The fourth-order valence-corrected chi connectivity index (χ4v) is 2.85. The first-order chi connectivity index (χ1) is 12.8. The molecule has 0 saturated heterocycles. The van der Waals surface area contributed by atoms with Gasteiger partial charge in [-0.05, 0) is 24.3 Å². The molecule has 0 saturated carbocycles. The molecule has 2 N–H and O–H groups in total. The quantitative estimate of drug-likeness (QED) is 0.612. The molecular formula is C17H16F3N5O2. The minimum Gasteiger partial charge on any atom is -0.382 e. The second-order valence-electron chi connectivity index (χ2n) is 5.79. The van der Waals surface area contributed by atoms with E-state index in [1.54, 1.807) is 42.3 Å². The van der Waals surface area contributed by atoms with Gasteiger partial charge in [-0.1, -0.05) is 18.2 Å². The standard InChI is InChI=1S/C17H16F3N5O2/c1-21-15-12-7-8-14(22-10-17(18,19)20)23-16(12)24(9-13(15)25(26)27)11-5-3-2-4-6-11/h2-8,21H,9-10H2,1H3,(H,22,23). The predicted molar refractivity (Wildman–Crippen MR) is 95.2 cm³/mol. The molecule has 142 valence electrons. The summed E-state index contributed by atoms with van der Waals surface area (Å²) in [4.78, 5) is 16.9. The number of alkyl halides is 3. The largest absolute Gasteiger partial charge is 0.405 e. The van der Waals surface area contributed by atoms with E-state index in [0.29, 0.717) is 17.1 Å². The number of benzene rings is 1. The molecule has 7 nitrogen and oxygen atoms in total. The molecule has 1 aliphatic heterocycles. The Kier molecular flexibility index (Phi) is 4.89. The number of para-hydroxylation sites is 1. The first-order valence-corrected chi connectivity index (χ1v) is 8.00. The minimum atomic E-state index is -4.38. The number of nitrogens with one attached hydrogen (secondary N) is 2. The summed E-state index contributed by atoms with van der Waals surface area (Å²) in [6.45, 7) is -1.30. The number of nitro groups is 1. The van der Waals surface area contributed by atoms with Gasteiger partial charge >= 0.3 is 6.18 Å². The molecule has 0 amide bonds. The Morgan fingerprint density at radius 1 is 1.22 bits per heavy atom. The van der Waals surface area contributed by atoms with Gasteiger partial charge in [0, 0.05) is 18.3 Å². The molecular weight excluding hydrogens is 363 g/mol. The van der Waals surface area contributed by atoms with Crippen LogP contribution in [0.1, 0.15) is 5.56 Å². The Balaban J connectivity index is 2.09. The highest BCUT2D eigenvalue weighted by atomic mass is 19.4. The van der Waals surface area contributed by atoms with Crippen molar-refractivity contribution in [1.82, 2.24) is 10.3 Å². The van der Waals surface area contributed by atoms with Gasteiger partial charge < -0.3 is 15.5 Å². The molecule has 3 rings (SSSR count). The van der Waals surface area contributed by atoms with Gasteiger partial charge in [0.2, 0.25) is 0 Å². The molecule has 0 atom stereocenters. The van der Waals surface area contributed by atoms with Crippen LogP contribution in [0.2, 0.25) is 0 Å². The van der Waals surface area contributed by atoms with Crippen LogP contribution in [-0.2, 0) is 0 Å². The van der Waals surface area contributed by atoms with Gasteiger partial charge in [-0.2, -0.15) is 13.2 Å². The minimum absolute atomic E-state index is 0.0343. The number of hydrogen-bond acceptors (Lipinski definition) is 6. The van der Waals surface area contributed by atoms with Crippen molar-refractivity contribution < 1.29 is 18.1 Å².